The molecule has 6 rings (SSSR count). The van der Waals surface area contributed by atoms with Crippen molar-refractivity contribution in [2.75, 3.05) is 0 Å². The van der Waals surface area contributed by atoms with E-state index in [0.29, 0.717) is 0 Å². The number of ether oxygens (including phenoxy) is 3. The molecule has 0 aliphatic heterocycles. The normalized spacial score (nSPS) is 11.5. The fourth-order valence-electron chi connectivity index (χ4n) is 7.51. The van der Waals surface area contributed by atoms with Gasteiger partial charge in [0, 0.05) is 52.4 Å². The van der Waals surface area contributed by atoms with Crippen LogP contribution < -0.4 is 14.2 Å². The van der Waals surface area contributed by atoms with E-state index in [1.54, 1.807) is 55.0 Å². The number of alkyl halides is 9. The number of aryl methyl sites for hydroxylation is 3. The van der Waals surface area contributed by atoms with Gasteiger partial charge in [-0.15, -0.1) is 39.5 Å². The molecule has 6 nitrogen and oxygen atoms in total. The lowest BCUT2D eigenvalue weighted by atomic mass is 10.1. The number of nitrogens with zero attached hydrogens (tertiary/aromatic N) is 3. The second-order valence-corrected chi connectivity index (χ2v) is 17.3. The molecule has 3 aromatic heterocycles. The minimum atomic E-state index is -4.67. The van der Waals surface area contributed by atoms with E-state index in [9.17, 15) is 39.5 Å². The summed E-state index contributed by atoms with van der Waals surface area (Å²) in [6, 6.07) is 29.3. The van der Waals surface area contributed by atoms with Crippen molar-refractivity contribution in [2.45, 2.75) is 155 Å². The van der Waals surface area contributed by atoms with E-state index < -0.39 is 19.1 Å². The van der Waals surface area contributed by atoms with Gasteiger partial charge in [0.2, 0.25) is 0 Å². The number of rotatable bonds is 24. The van der Waals surface area contributed by atoms with Gasteiger partial charge in [0.25, 0.3) is 0 Å². The van der Waals surface area contributed by atoms with Crippen LogP contribution in [0.3, 0.4) is 0 Å². The Kier molecular flexibility index (Phi) is 24.9. The zero-order valence-electron chi connectivity index (χ0n) is 41.3. The van der Waals surface area contributed by atoms with Crippen molar-refractivity contribution >= 4 is 0 Å². The summed E-state index contributed by atoms with van der Waals surface area (Å²) in [5.41, 5.74) is 8.21. The third kappa shape index (κ3) is 24.3. The van der Waals surface area contributed by atoms with Crippen LogP contribution in [0.1, 0.15) is 134 Å². The maximum Gasteiger partial charge on any atom is 0.573 e. The van der Waals surface area contributed by atoms with E-state index in [2.05, 4.69) is 49.9 Å². The molecule has 0 saturated heterocycles. The molecule has 0 aliphatic rings. The molecule has 0 saturated carbocycles. The number of benzene rings is 3. The van der Waals surface area contributed by atoms with Gasteiger partial charge in [-0.05, 0) is 110 Å². The Bertz CT molecular complexity index is 2360. The fourth-order valence-corrected chi connectivity index (χ4v) is 7.51. The molecule has 0 bridgehead atoms. The Morgan fingerprint density at radius 1 is 0.292 bits per heavy atom. The van der Waals surface area contributed by atoms with Crippen LogP contribution >= 0.6 is 0 Å². The predicted octanol–water partition coefficient (Wildman–Crippen LogP) is 18.5. The minimum Gasteiger partial charge on any atom is -0.406 e. The second-order valence-electron chi connectivity index (χ2n) is 17.3. The first-order valence-corrected chi connectivity index (χ1v) is 24.9. The molecule has 72 heavy (non-hydrogen) atoms. The summed E-state index contributed by atoms with van der Waals surface area (Å²) in [6.45, 7) is 6.59. The Balaban J connectivity index is 0.000000235. The molecule has 0 fully saturated rings. The topological polar surface area (TPSA) is 66.4 Å². The molecule has 6 aromatic rings. The molecular formula is C57H66F9N3O3. The van der Waals surface area contributed by atoms with Gasteiger partial charge in [0.1, 0.15) is 17.2 Å². The first-order valence-electron chi connectivity index (χ1n) is 24.9. The highest BCUT2D eigenvalue weighted by molar-refractivity contribution is 5.65. The average Bonchev–Trinajstić information content (AvgIpc) is 3.34. The standard InChI is InChI=1S/C20H24F3NO.C19H22F3NO.C18H20F3NO/c1-2-3-4-5-6-7-8-18-12-9-17(15-24-18)16-10-13-19(14-11-16)25-20(21,22)23;1-2-3-4-5-6-7-17-11-8-16(14-23-17)15-9-12-18(13-10-15)24-19(20,21)22;1-2-3-4-5-6-16-10-7-15(13-22-16)14-8-11-17(12-9-14)23-18(19,20)21/h9-15H,2-8H2,1H3;8-14H,2-7H2,1H3;7-13H,2-6H2,1H3. The van der Waals surface area contributed by atoms with Crippen LogP contribution in [0, 0.1) is 0 Å². The summed E-state index contributed by atoms with van der Waals surface area (Å²) in [6.07, 6.45) is 12.6. The van der Waals surface area contributed by atoms with Gasteiger partial charge in [0.05, 0.1) is 0 Å². The average molecular weight is 1010 g/mol. The fraction of sp³-hybridized carbons (Fsp3) is 0.421. The summed E-state index contributed by atoms with van der Waals surface area (Å²) in [5.74, 6) is -0.659. The van der Waals surface area contributed by atoms with Crippen molar-refractivity contribution in [2.24, 2.45) is 0 Å². The number of hydrogen-bond acceptors (Lipinski definition) is 6. The minimum absolute atomic E-state index is 0.219. The third-order valence-corrected chi connectivity index (χ3v) is 11.3. The van der Waals surface area contributed by atoms with Gasteiger partial charge in [-0.3, -0.25) is 15.0 Å². The zero-order valence-corrected chi connectivity index (χ0v) is 41.3. The van der Waals surface area contributed by atoms with E-state index >= 15 is 0 Å². The third-order valence-electron chi connectivity index (χ3n) is 11.3. The largest absolute Gasteiger partial charge is 0.573 e. The monoisotopic (exact) mass is 1010 g/mol. The molecule has 0 N–H and O–H groups in total. The van der Waals surface area contributed by atoms with Gasteiger partial charge < -0.3 is 14.2 Å². The molecule has 0 aliphatic carbocycles. The Labute approximate surface area is 418 Å². The summed E-state index contributed by atoms with van der Waals surface area (Å²) in [4.78, 5) is 13.3. The summed E-state index contributed by atoms with van der Waals surface area (Å²) >= 11 is 0. The Morgan fingerprint density at radius 2 is 0.514 bits per heavy atom. The molecule has 0 radical (unpaired) electrons. The highest BCUT2D eigenvalue weighted by Gasteiger charge is 2.32. The number of pyridine rings is 3. The lowest BCUT2D eigenvalue weighted by Gasteiger charge is -2.09. The van der Waals surface area contributed by atoms with Crippen LogP contribution in [0.2, 0.25) is 0 Å². The van der Waals surface area contributed by atoms with Crippen molar-refractivity contribution in [3.05, 3.63) is 145 Å². The second kappa shape index (κ2) is 30.7. The highest BCUT2D eigenvalue weighted by Crippen LogP contribution is 2.29. The van der Waals surface area contributed by atoms with Crippen molar-refractivity contribution in [1.82, 2.24) is 15.0 Å². The lowest BCUT2D eigenvalue weighted by molar-refractivity contribution is -0.275. The van der Waals surface area contributed by atoms with Gasteiger partial charge in [-0.25, -0.2) is 0 Å². The first kappa shape index (κ1) is 58.5. The van der Waals surface area contributed by atoms with E-state index in [-0.39, 0.29) is 17.2 Å². The SMILES string of the molecule is CCCCCCCCc1ccc(-c2ccc(OC(F)(F)F)cc2)cn1.CCCCCCCc1ccc(-c2ccc(OC(F)(F)F)cc2)cn1.CCCCCCc1ccc(-c2ccc(OC(F)(F)F)cc2)cn1. The van der Waals surface area contributed by atoms with Crippen LogP contribution in [0.25, 0.3) is 33.4 Å². The molecule has 0 amide bonds. The predicted molar refractivity (Wildman–Crippen MR) is 266 cm³/mol. The van der Waals surface area contributed by atoms with E-state index in [4.69, 9.17) is 0 Å². The quantitative estimate of drug-likeness (QED) is 0.0445. The number of halogens is 9. The Hall–Kier alpha value is -6.12. The first-order chi connectivity index (χ1) is 34.4. The number of unbranched alkanes of at least 4 members (excludes halogenated alkanes) is 12. The van der Waals surface area contributed by atoms with Crippen LogP contribution in [0.15, 0.2) is 128 Å². The summed E-state index contributed by atoms with van der Waals surface area (Å²) in [7, 11) is 0. The molecule has 3 aromatic carbocycles. The number of hydrogen-bond donors (Lipinski definition) is 0. The molecule has 3 heterocycles. The molecule has 15 heteroatoms. The van der Waals surface area contributed by atoms with Crippen LogP contribution in [-0.2, 0) is 19.3 Å². The molecular weight excluding hydrogens is 946 g/mol. The maximum absolute atomic E-state index is 12.2. The van der Waals surface area contributed by atoms with Crippen molar-refractivity contribution < 1.29 is 53.7 Å². The number of aromatic nitrogens is 3. The summed E-state index contributed by atoms with van der Waals surface area (Å²) < 4.78 is 121. The summed E-state index contributed by atoms with van der Waals surface area (Å²) in [5, 5.41) is 0. The van der Waals surface area contributed by atoms with E-state index in [1.807, 2.05) is 36.4 Å². The van der Waals surface area contributed by atoms with Crippen LogP contribution in [0.4, 0.5) is 39.5 Å². The smallest absolute Gasteiger partial charge is 0.406 e. The lowest BCUT2D eigenvalue weighted by Crippen LogP contribution is -2.16. The van der Waals surface area contributed by atoms with Gasteiger partial charge >= 0.3 is 19.1 Å². The van der Waals surface area contributed by atoms with Gasteiger partial charge in [-0.2, -0.15) is 0 Å². The van der Waals surface area contributed by atoms with E-state index in [1.165, 1.54) is 113 Å². The molecule has 390 valence electrons. The highest BCUT2D eigenvalue weighted by atomic mass is 19.4. The maximum atomic E-state index is 12.2. The van der Waals surface area contributed by atoms with Crippen LogP contribution in [-0.4, -0.2) is 34.0 Å². The van der Waals surface area contributed by atoms with Gasteiger partial charge in [0.15, 0.2) is 0 Å². The molecule has 0 spiro atoms. The molecule has 0 atom stereocenters. The van der Waals surface area contributed by atoms with Crippen molar-refractivity contribution in [3.63, 3.8) is 0 Å². The van der Waals surface area contributed by atoms with Crippen LogP contribution in [0.5, 0.6) is 17.2 Å². The molecule has 0 unspecified atom stereocenters. The van der Waals surface area contributed by atoms with E-state index in [0.717, 1.165) is 89.0 Å². The van der Waals surface area contributed by atoms with Gasteiger partial charge in [-0.1, -0.05) is 152 Å². The van der Waals surface area contributed by atoms with Crippen molar-refractivity contribution in [3.8, 4) is 50.6 Å². The Morgan fingerprint density at radius 3 is 0.736 bits per heavy atom. The van der Waals surface area contributed by atoms with Crippen molar-refractivity contribution in [1.29, 1.82) is 0 Å². The zero-order chi connectivity index (χ0) is 52.2.